The maximum absolute atomic E-state index is 12.9. The summed E-state index contributed by atoms with van der Waals surface area (Å²) >= 11 is 4.90. The van der Waals surface area contributed by atoms with Crippen LogP contribution in [0, 0.1) is 6.92 Å². The lowest BCUT2D eigenvalue weighted by atomic mass is 10.1. The molecular weight excluding hydrogens is 504 g/mol. The van der Waals surface area contributed by atoms with E-state index in [-0.39, 0.29) is 11.8 Å². The van der Waals surface area contributed by atoms with Gasteiger partial charge in [0, 0.05) is 26.1 Å². The average molecular weight is 523 g/mol. The molecule has 3 aromatic carbocycles. The second kappa shape index (κ2) is 8.88. The molecule has 2 heterocycles. The molecule has 0 atom stereocenters. The first-order valence-corrected chi connectivity index (χ1v) is 11.9. The van der Waals surface area contributed by atoms with E-state index in [1.54, 1.807) is 30.3 Å². The monoisotopic (exact) mass is 522 g/mol. The maximum atomic E-state index is 12.9. The Balaban J connectivity index is 1.33. The van der Waals surface area contributed by atoms with Crippen LogP contribution in [0.1, 0.15) is 25.6 Å². The molecule has 0 fully saturated rings. The number of carbonyl (C=O) groups excluding carboxylic acids is 2. The Morgan fingerprint density at radius 2 is 1.70 bits per heavy atom. The van der Waals surface area contributed by atoms with Crippen molar-refractivity contribution in [1.29, 1.82) is 0 Å². The Bertz CT molecular complexity index is 1400. The van der Waals surface area contributed by atoms with E-state index in [9.17, 15) is 9.59 Å². The summed E-state index contributed by atoms with van der Waals surface area (Å²) in [5, 5.41) is 6.87. The molecule has 4 aromatic rings. The Morgan fingerprint density at radius 3 is 2.55 bits per heavy atom. The summed E-state index contributed by atoms with van der Waals surface area (Å²) in [5.74, 6) is 0.724. The zero-order chi connectivity index (χ0) is 22.9. The van der Waals surface area contributed by atoms with Crippen molar-refractivity contribution in [2.45, 2.75) is 6.92 Å². The van der Waals surface area contributed by atoms with Gasteiger partial charge < -0.3 is 20.1 Å². The van der Waals surface area contributed by atoms with Crippen molar-refractivity contribution in [2.75, 3.05) is 23.8 Å². The third kappa shape index (κ3) is 4.58. The van der Waals surface area contributed by atoms with Gasteiger partial charge in [0.05, 0.1) is 4.88 Å². The molecule has 0 spiro atoms. The summed E-state index contributed by atoms with van der Waals surface area (Å²) in [5.41, 5.74) is 2.57. The van der Waals surface area contributed by atoms with Crippen LogP contribution in [0.5, 0.6) is 11.5 Å². The van der Waals surface area contributed by atoms with E-state index in [1.165, 1.54) is 11.3 Å². The molecule has 1 aliphatic rings. The summed E-state index contributed by atoms with van der Waals surface area (Å²) in [6, 6.07) is 18.3. The van der Waals surface area contributed by atoms with Crippen LogP contribution in [0.4, 0.5) is 11.4 Å². The molecule has 1 aliphatic heterocycles. The number of hydrogen-bond donors (Lipinski definition) is 2. The van der Waals surface area contributed by atoms with E-state index >= 15 is 0 Å². The maximum Gasteiger partial charge on any atom is 0.265 e. The highest BCUT2D eigenvalue weighted by atomic mass is 79.9. The van der Waals surface area contributed by atoms with Gasteiger partial charge in [-0.25, -0.2) is 0 Å². The molecule has 0 aliphatic carbocycles. The van der Waals surface area contributed by atoms with Crippen LogP contribution in [0.15, 0.2) is 65.1 Å². The number of thiophene rings is 1. The van der Waals surface area contributed by atoms with E-state index in [4.69, 9.17) is 9.47 Å². The lowest BCUT2D eigenvalue weighted by molar-refractivity contribution is 0.102. The molecule has 0 bridgehead atoms. The van der Waals surface area contributed by atoms with Crippen LogP contribution in [0.3, 0.4) is 0 Å². The third-order valence-corrected chi connectivity index (χ3v) is 6.84. The molecule has 0 unspecified atom stereocenters. The summed E-state index contributed by atoms with van der Waals surface area (Å²) in [4.78, 5) is 26.3. The van der Waals surface area contributed by atoms with Gasteiger partial charge in [-0.15, -0.1) is 11.3 Å². The highest BCUT2D eigenvalue weighted by Gasteiger charge is 2.16. The molecule has 0 saturated heterocycles. The van der Waals surface area contributed by atoms with E-state index in [2.05, 4.69) is 26.6 Å². The number of halogens is 1. The second-order valence-corrected chi connectivity index (χ2v) is 9.59. The lowest BCUT2D eigenvalue weighted by Gasteiger charge is -2.18. The Hall–Kier alpha value is -3.36. The van der Waals surface area contributed by atoms with Crippen molar-refractivity contribution >= 4 is 60.5 Å². The molecule has 166 valence electrons. The number of rotatable bonds is 4. The second-order valence-electron chi connectivity index (χ2n) is 7.59. The Kier molecular flexibility index (Phi) is 5.78. The minimum Gasteiger partial charge on any atom is -0.486 e. The zero-order valence-electron chi connectivity index (χ0n) is 17.6. The SMILES string of the molecule is Cc1ccc(NC(=O)c2ccc3c(c2)OCCO3)cc1NC(=O)c1cc2ccc(Br)cc2s1. The van der Waals surface area contributed by atoms with Crippen LogP contribution < -0.4 is 20.1 Å². The number of ether oxygens (including phenoxy) is 2. The van der Waals surface area contributed by atoms with Crippen LogP contribution in [-0.2, 0) is 0 Å². The van der Waals surface area contributed by atoms with E-state index in [1.807, 2.05) is 37.3 Å². The fourth-order valence-electron chi connectivity index (χ4n) is 3.52. The number of anilines is 2. The van der Waals surface area contributed by atoms with Crippen LogP contribution >= 0.6 is 27.3 Å². The average Bonchev–Trinajstić information content (AvgIpc) is 3.24. The van der Waals surface area contributed by atoms with E-state index in [0.29, 0.717) is 46.5 Å². The smallest absolute Gasteiger partial charge is 0.265 e. The molecule has 8 heteroatoms. The van der Waals surface area contributed by atoms with Crippen molar-refractivity contribution in [1.82, 2.24) is 0 Å². The van der Waals surface area contributed by atoms with E-state index in [0.717, 1.165) is 20.1 Å². The normalized spacial score (nSPS) is 12.4. The number of hydrogen-bond acceptors (Lipinski definition) is 5. The lowest BCUT2D eigenvalue weighted by Crippen LogP contribution is -2.17. The first kappa shape index (κ1) is 21.5. The molecule has 33 heavy (non-hydrogen) atoms. The zero-order valence-corrected chi connectivity index (χ0v) is 20.0. The molecular formula is C25H19BrN2O4S. The fourth-order valence-corrected chi connectivity index (χ4v) is 5.03. The van der Waals surface area contributed by atoms with Gasteiger partial charge in [-0.1, -0.05) is 28.1 Å². The first-order valence-electron chi connectivity index (χ1n) is 10.3. The van der Waals surface area contributed by atoms with Crippen LogP contribution in [-0.4, -0.2) is 25.0 Å². The summed E-state index contributed by atoms with van der Waals surface area (Å²) < 4.78 is 13.1. The largest absolute Gasteiger partial charge is 0.486 e. The van der Waals surface area contributed by atoms with Crippen LogP contribution in [0.2, 0.25) is 0 Å². The highest BCUT2D eigenvalue weighted by Crippen LogP contribution is 2.32. The number of aryl methyl sites for hydroxylation is 1. The van der Waals surface area contributed by atoms with Crippen molar-refractivity contribution < 1.29 is 19.1 Å². The van der Waals surface area contributed by atoms with Crippen molar-refractivity contribution in [3.05, 3.63) is 81.1 Å². The molecule has 1 aromatic heterocycles. The minimum absolute atomic E-state index is 0.189. The van der Waals surface area contributed by atoms with Crippen molar-refractivity contribution in [3.8, 4) is 11.5 Å². The molecule has 0 saturated carbocycles. The van der Waals surface area contributed by atoms with Crippen molar-refractivity contribution in [3.63, 3.8) is 0 Å². The standard InChI is InChI=1S/C25H19BrN2O4S/c1-14-2-6-18(27-24(29)16-4-7-20-21(10-16)32-9-8-31-20)13-19(14)28-25(30)23-11-15-3-5-17(26)12-22(15)33-23/h2-7,10-13H,8-9H2,1H3,(H,27,29)(H,28,30). The van der Waals surface area contributed by atoms with E-state index < -0.39 is 0 Å². The summed E-state index contributed by atoms with van der Waals surface area (Å²) in [7, 11) is 0. The first-order chi connectivity index (χ1) is 16.0. The molecule has 6 nitrogen and oxygen atoms in total. The molecule has 2 amide bonds. The quantitative estimate of drug-likeness (QED) is 0.332. The van der Waals surface area contributed by atoms with Gasteiger partial charge in [0.1, 0.15) is 13.2 Å². The van der Waals surface area contributed by atoms with Gasteiger partial charge in [0.15, 0.2) is 11.5 Å². The fraction of sp³-hybridized carbons (Fsp3) is 0.120. The van der Waals surface area contributed by atoms with Crippen LogP contribution in [0.25, 0.3) is 10.1 Å². The Morgan fingerprint density at radius 1 is 0.879 bits per heavy atom. The van der Waals surface area contributed by atoms with Gasteiger partial charge in [-0.2, -0.15) is 0 Å². The van der Waals surface area contributed by atoms with Gasteiger partial charge in [0.25, 0.3) is 11.8 Å². The van der Waals surface area contributed by atoms with Gasteiger partial charge >= 0.3 is 0 Å². The predicted molar refractivity (Wildman–Crippen MR) is 134 cm³/mol. The minimum atomic E-state index is -0.275. The predicted octanol–water partition coefficient (Wildman–Crippen LogP) is 6.25. The van der Waals surface area contributed by atoms with Gasteiger partial charge in [-0.3, -0.25) is 9.59 Å². The molecule has 0 radical (unpaired) electrons. The third-order valence-electron chi connectivity index (χ3n) is 5.25. The topological polar surface area (TPSA) is 76.7 Å². The number of nitrogens with one attached hydrogen (secondary N) is 2. The highest BCUT2D eigenvalue weighted by molar-refractivity contribution is 9.10. The number of carbonyl (C=O) groups is 2. The number of fused-ring (bicyclic) bond motifs is 2. The summed E-state index contributed by atoms with van der Waals surface area (Å²) in [6.45, 7) is 2.86. The van der Waals surface area contributed by atoms with Gasteiger partial charge in [-0.05, 0) is 66.4 Å². The molecule has 5 rings (SSSR count). The number of amides is 2. The Labute approximate surface area is 202 Å². The molecule has 2 N–H and O–H groups in total. The van der Waals surface area contributed by atoms with Gasteiger partial charge in [0.2, 0.25) is 0 Å². The number of benzene rings is 3. The summed E-state index contributed by atoms with van der Waals surface area (Å²) in [6.07, 6.45) is 0. The van der Waals surface area contributed by atoms with Crippen molar-refractivity contribution in [2.24, 2.45) is 0 Å².